The number of benzene rings is 5. The maximum absolute atomic E-state index is 13.7. The minimum Gasteiger partial charge on any atom is -0.333 e. The van der Waals surface area contributed by atoms with Crippen LogP contribution >= 0.6 is 11.6 Å². The van der Waals surface area contributed by atoms with E-state index in [0.717, 1.165) is 28.8 Å². The van der Waals surface area contributed by atoms with Crippen molar-refractivity contribution in [2.24, 2.45) is 0 Å². The number of rotatable bonds is 13. The Balaban J connectivity index is 1.45. The summed E-state index contributed by atoms with van der Waals surface area (Å²) in [5.74, 6) is -1.12. The molecule has 1 aromatic heterocycles. The molecule has 6 aromatic rings. The van der Waals surface area contributed by atoms with Gasteiger partial charge in [-0.25, -0.2) is 21.6 Å². The van der Waals surface area contributed by atoms with Crippen LogP contribution in [0.25, 0.3) is 10.9 Å². The molecule has 0 unspecified atom stereocenters. The van der Waals surface area contributed by atoms with Crippen LogP contribution < -0.4 is 4.72 Å². The summed E-state index contributed by atoms with van der Waals surface area (Å²) >= 11 is 6.53. The average molecular weight is 750 g/mol. The normalized spacial score (nSPS) is 12.5. The lowest BCUT2D eigenvalue weighted by atomic mass is 9.97. The van der Waals surface area contributed by atoms with Crippen molar-refractivity contribution in [3.63, 3.8) is 0 Å². The molecule has 0 fully saturated rings. The van der Waals surface area contributed by atoms with Crippen molar-refractivity contribution in [1.82, 2.24) is 9.29 Å². The number of aryl methyl sites for hydroxylation is 1. The maximum Gasteiger partial charge on any atom is 0.416 e. The highest BCUT2D eigenvalue weighted by atomic mass is 35.5. The lowest BCUT2D eigenvalue weighted by molar-refractivity contribution is -0.138. The molecule has 0 saturated heterocycles. The van der Waals surface area contributed by atoms with E-state index < -0.39 is 43.4 Å². The Hall–Kier alpha value is -4.42. The van der Waals surface area contributed by atoms with Gasteiger partial charge in [0.25, 0.3) is 0 Å². The predicted molar refractivity (Wildman–Crippen MR) is 194 cm³/mol. The van der Waals surface area contributed by atoms with Gasteiger partial charge >= 0.3 is 6.18 Å². The van der Waals surface area contributed by atoms with Crippen LogP contribution in [-0.4, -0.2) is 33.7 Å². The third kappa shape index (κ3) is 8.39. The maximum atomic E-state index is 13.7. The van der Waals surface area contributed by atoms with Gasteiger partial charge in [-0.15, -0.1) is 0 Å². The predicted octanol–water partition coefficient (Wildman–Crippen LogP) is 8.43. The second kappa shape index (κ2) is 15.1. The van der Waals surface area contributed by atoms with E-state index >= 15 is 0 Å². The summed E-state index contributed by atoms with van der Waals surface area (Å²) < 4.78 is 99.1. The minimum atomic E-state index is -4.72. The van der Waals surface area contributed by atoms with Gasteiger partial charge in [0.05, 0.1) is 28.0 Å². The second-order valence-corrected chi connectivity index (χ2v) is 16.4. The third-order valence-electron chi connectivity index (χ3n) is 8.66. The fourth-order valence-corrected chi connectivity index (χ4v) is 9.01. The first-order chi connectivity index (χ1) is 24.3. The molecule has 0 bridgehead atoms. The molecular formula is C39H33ClF3N2O4S2. The number of aromatic nitrogens is 1. The van der Waals surface area contributed by atoms with Gasteiger partial charge in [-0.05, 0) is 59.0 Å². The van der Waals surface area contributed by atoms with Crippen LogP contribution in [0.4, 0.5) is 13.2 Å². The first-order valence-electron chi connectivity index (χ1n) is 16.1. The minimum absolute atomic E-state index is 0.0617. The molecule has 0 amide bonds. The summed E-state index contributed by atoms with van der Waals surface area (Å²) in [4.78, 5) is 0.0617. The number of nitrogens with one attached hydrogen (secondary N) is 1. The molecule has 0 saturated carbocycles. The molecule has 1 N–H and O–H groups in total. The summed E-state index contributed by atoms with van der Waals surface area (Å²) in [7, 11) is -7.99. The summed E-state index contributed by atoms with van der Waals surface area (Å²) in [5.41, 5.74) is 2.57. The number of fused-ring (bicyclic) bond motifs is 1. The van der Waals surface area contributed by atoms with Crippen LogP contribution in [0.2, 0.25) is 5.02 Å². The Morgan fingerprint density at radius 1 is 0.765 bits per heavy atom. The number of alkyl halides is 3. The van der Waals surface area contributed by atoms with Gasteiger partial charge in [0, 0.05) is 40.7 Å². The Morgan fingerprint density at radius 3 is 2.02 bits per heavy atom. The number of sulfone groups is 1. The number of halogens is 4. The van der Waals surface area contributed by atoms with Crippen molar-refractivity contribution >= 4 is 42.4 Å². The highest BCUT2D eigenvalue weighted by Crippen LogP contribution is 2.38. The van der Waals surface area contributed by atoms with E-state index in [1.54, 1.807) is 24.3 Å². The molecule has 0 atom stereocenters. The van der Waals surface area contributed by atoms with E-state index in [9.17, 15) is 30.0 Å². The summed E-state index contributed by atoms with van der Waals surface area (Å²) in [5, 5.41) is 1.15. The van der Waals surface area contributed by atoms with Gasteiger partial charge < -0.3 is 4.57 Å². The first kappa shape index (κ1) is 36.4. The van der Waals surface area contributed by atoms with Gasteiger partial charge in [0.2, 0.25) is 10.0 Å². The summed E-state index contributed by atoms with van der Waals surface area (Å²) in [6, 6.07) is 38.1. The van der Waals surface area contributed by atoms with Crippen LogP contribution in [0.15, 0.2) is 132 Å². The SMILES string of the molecule is O=S(=O)(Cc1ccccc1C(F)(F)F)NCCc1c(CCS(=O)(=O)c2[c]cccc2)c2cc(Cl)ccc2n1C(c1ccccc1)c1ccccc1. The topological polar surface area (TPSA) is 85.2 Å². The molecule has 51 heavy (non-hydrogen) atoms. The fourth-order valence-electron chi connectivity index (χ4n) is 6.43. The zero-order chi connectivity index (χ0) is 36.2. The van der Waals surface area contributed by atoms with E-state index in [1.807, 2.05) is 66.7 Å². The van der Waals surface area contributed by atoms with Crippen LogP contribution in [0, 0.1) is 6.07 Å². The molecule has 0 aliphatic carbocycles. The largest absolute Gasteiger partial charge is 0.416 e. The molecular weight excluding hydrogens is 717 g/mol. The van der Waals surface area contributed by atoms with Crippen LogP contribution in [-0.2, 0) is 44.6 Å². The van der Waals surface area contributed by atoms with Gasteiger partial charge in [0.15, 0.2) is 9.84 Å². The van der Waals surface area contributed by atoms with Gasteiger partial charge in [0.1, 0.15) is 0 Å². The Bertz CT molecular complexity index is 2310. The van der Waals surface area contributed by atoms with Crippen molar-refractivity contribution in [3.8, 4) is 0 Å². The number of hydrogen-bond acceptors (Lipinski definition) is 4. The van der Waals surface area contributed by atoms with Crippen LogP contribution in [0.1, 0.15) is 39.6 Å². The van der Waals surface area contributed by atoms with Gasteiger partial charge in [-0.2, -0.15) is 13.2 Å². The van der Waals surface area contributed by atoms with E-state index in [4.69, 9.17) is 11.6 Å². The molecule has 6 rings (SSSR count). The van der Waals surface area contributed by atoms with Crippen LogP contribution in [0.5, 0.6) is 0 Å². The molecule has 0 spiro atoms. The average Bonchev–Trinajstić information content (AvgIpc) is 3.40. The number of nitrogens with zero attached hydrogens (tertiary/aromatic N) is 1. The summed E-state index contributed by atoms with van der Waals surface area (Å²) in [6.07, 6.45) is -4.55. The summed E-state index contributed by atoms with van der Waals surface area (Å²) in [6.45, 7) is -0.164. The number of hydrogen-bond donors (Lipinski definition) is 1. The highest BCUT2D eigenvalue weighted by molar-refractivity contribution is 7.91. The molecule has 1 heterocycles. The zero-order valence-corrected chi connectivity index (χ0v) is 29.5. The molecule has 0 aliphatic rings. The van der Waals surface area contributed by atoms with Gasteiger partial charge in [-0.3, -0.25) is 0 Å². The zero-order valence-electron chi connectivity index (χ0n) is 27.1. The van der Waals surface area contributed by atoms with E-state index in [2.05, 4.69) is 15.4 Å². The Morgan fingerprint density at radius 2 is 1.39 bits per heavy atom. The lowest BCUT2D eigenvalue weighted by Gasteiger charge is -2.25. The smallest absolute Gasteiger partial charge is 0.333 e. The standard InChI is InChI=1S/C39H33ClF3N2O4S2/c40-31-20-21-36-34(26-31)33(23-25-50(46,47)32-17-8-3-9-18-32)37(45(36)38(28-12-4-1-5-13-28)29-14-6-2-7-15-29)22-24-44-51(48,49)27-30-16-10-11-19-35(30)39(41,42)43/h1-17,19-21,26,38,44H,22-25,27H2. The van der Waals surface area contributed by atoms with E-state index in [1.165, 1.54) is 24.3 Å². The van der Waals surface area contributed by atoms with Crippen molar-refractivity contribution in [2.45, 2.75) is 35.7 Å². The van der Waals surface area contributed by atoms with E-state index in [-0.39, 0.29) is 35.6 Å². The Kier molecular flexibility index (Phi) is 10.7. The third-order valence-corrected chi connectivity index (χ3v) is 11.9. The number of sulfonamides is 1. The van der Waals surface area contributed by atoms with E-state index in [0.29, 0.717) is 21.7 Å². The second-order valence-electron chi connectivity index (χ2n) is 12.0. The highest BCUT2D eigenvalue weighted by Gasteiger charge is 2.34. The molecule has 1 radical (unpaired) electrons. The molecule has 6 nitrogen and oxygen atoms in total. The molecule has 263 valence electrons. The van der Waals surface area contributed by atoms with Crippen molar-refractivity contribution in [2.75, 3.05) is 12.3 Å². The Labute approximate surface area is 300 Å². The van der Waals surface area contributed by atoms with Crippen molar-refractivity contribution in [1.29, 1.82) is 0 Å². The monoisotopic (exact) mass is 749 g/mol. The van der Waals surface area contributed by atoms with Gasteiger partial charge in [-0.1, -0.05) is 109 Å². The van der Waals surface area contributed by atoms with Crippen molar-refractivity contribution in [3.05, 3.63) is 172 Å². The van der Waals surface area contributed by atoms with Crippen molar-refractivity contribution < 1.29 is 30.0 Å². The molecule has 5 aromatic carbocycles. The molecule has 12 heteroatoms. The quantitative estimate of drug-likeness (QED) is 0.129. The lowest BCUT2D eigenvalue weighted by Crippen LogP contribution is -2.29. The fraction of sp³-hybridized carbons (Fsp3) is 0.179. The first-order valence-corrected chi connectivity index (χ1v) is 19.8. The molecule has 0 aliphatic heterocycles. The van der Waals surface area contributed by atoms with Crippen LogP contribution in [0.3, 0.4) is 0 Å².